The Kier molecular flexibility index (Phi) is 2.84. The first-order valence-electron chi connectivity index (χ1n) is 6.31. The van der Waals surface area contributed by atoms with E-state index in [-0.39, 0.29) is 22.9 Å². The maximum atomic E-state index is 12.5. The number of fused-ring (bicyclic) bond motifs is 1. The largest absolute Gasteiger partial charge is 0.295 e. The smallest absolute Gasteiger partial charge is 0.166 e. The van der Waals surface area contributed by atoms with E-state index in [0.717, 1.165) is 30.4 Å². The summed E-state index contributed by atoms with van der Waals surface area (Å²) in [6.45, 7) is 9.76. The van der Waals surface area contributed by atoms with Gasteiger partial charge in [0, 0.05) is 17.9 Å². The number of hydrogen-bond donors (Lipinski definition) is 0. The van der Waals surface area contributed by atoms with Crippen molar-refractivity contribution < 1.29 is 9.59 Å². The molecule has 2 rings (SSSR count). The van der Waals surface area contributed by atoms with Crippen molar-refractivity contribution in [2.75, 3.05) is 0 Å². The minimum absolute atomic E-state index is 0.0684. The summed E-state index contributed by atoms with van der Waals surface area (Å²) in [5.74, 6) is 0.226. The quantitative estimate of drug-likeness (QED) is 0.650. The van der Waals surface area contributed by atoms with Crippen LogP contribution < -0.4 is 0 Å². The summed E-state index contributed by atoms with van der Waals surface area (Å²) in [5, 5.41) is 0. The van der Waals surface area contributed by atoms with Crippen LogP contribution in [-0.2, 0) is 9.59 Å². The van der Waals surface area contributed by atoms with Crippen molar-refractivity contribution in [3.8, 4) is 0 Å². The Hall–Kier alpha value is -1.18. The van der Waals surface area contributed by atoms with Gasteiger partial charge < -0.3 is 0 Å². The molecule has 1 saturated carbocycles. The topological polar surface area (TPSA) is 34.1 Å². The number of carbonyl (C=O) groups is 2. The molecule has 92 valence electrons. The number of allylic oxidation sites excluding steroid dienone is 3. The van der Waals surface area contributed by atoms with Crippen molar-refractivity contribution in [3.63, 3.8) is 0 Å². The van der Waals surface area contributed by atoms with Crippen LogP contribution >= 0.6 is 0 Å². The van der Waals surface area contributed by atoms with Gasteiger partial charge in [-0.3, -0.25) is 9.59 Å². The van der Waals surface area contributed by atoms with E-state index >= 15 is 0 Å². The normalized spacial score (nSPS) is 33.7. The average Bonchev–Trinajstić information content (AvgIpc) is 2.24. The van der Waals surface area contributed by atoms with Crippen LogP contribution in [0.25, 0.3) is 0 Å². The van der Waals surface area contributed by atoms with Crippen LogP contribution in [0.15, 0.2) is 23.3 Å². The van der Waals surface area contributed by atoms with Gasteiger partial charge in [0.05, 0.1) is 0 Å². The predicted molar refractivity (Wildman–Crippen MR) is 67.6 cm³/mol. The van der Waals surface area contributed by atoms with E-state index in [9.17, 15) is 9.59 Å². The second kappa shape index (κ2) is 3.94. The van der Waals surface area contributed by atoms with Crippen LogP contribution in [0.5, 0.6) is 0 Å². The number of ketones is 2. The van der Waals surface area contributed by atoms with Gasteiger partial charge in [0.15, 0.2) is 11.6 Å². The average molecular weight is 232 g/mol. The second-order valence-electron chi connectivity index (χ2n) is 5.79. The van der Waals surface area contributed by atoms with Crippen molar-refractivity contribution in [1.82, 2.24) is 0 Å². The Balaban J connectivity index is 2.50. The van der Waals surface area contributed by atoms with Gasteiger partial charge in [0.1, 0.15) is 0 Å². The molecule has 0 aliphatic heterocycles. The van der Waals surface area contributed by atoms with E-state index in [1.165, 1.54) is 0 Å². The van der Waals surface area contributed by atoms with E-state index in [4.69, 9.17) is 0 Å². The molecule has 0 spiro atoms. The van der Waals surface area contributed by atoms with Crippen LogP contribution in [0.4, 0.5) is 0 Å². The summed E-state index contributed by atoms with van der Waals surface area (Å²) in [4.78, 5) is 24.3. The fourth-order valence-corrected chi connectivity index (χ4v) is 3.26. The minimum Gasteiger partial charge on any atom is -0.295 e. The lowest BCUT2D eigenvalue weighted by Gasteiger charge is -2.42. The summed E-state index contributed by atoms with van der Waals surface area (Å²) >= 11 is 0. The molecule has 2 heteroatoms. The lowest BCUT2D eigenvalue weighted by Crippen LogP contribution is -2.40. The molecule has 0 radical (unpaired) electrons. The van der Waals surface area contributed by atoms with Crippen LogP contribution in [-0.4, -0.2) is 11.6 Å². The zero-order valence-corrected chi connectivity index (χ0v) is 10.9. The highest BCUT2D eigenvalue weighted by Gasteiger charge is 2.45. The highest BCUT2D eigenvalue weighted by atomic mass is 16.1. The number of Topliss-reactive ketones (excluding diaryl/α,β-unsaturated/α-hetero) is 2. The summed E-state index contributed by atoms with van der Waals surface area (Å²) in [6, 6.07) is 0. The standard InChI is InChI=1S/C15H20O2/c1-9(2)11-5-7-15(4)8-6-12(16)10(3)13(15)14(11)17/h11H,1,5-8H2,2-4H3/t11-,15+/m0/s1. The van der Waals surface area contributed by atoms with Gasteiger partial charge in [0.25, 0.3) is 0 Å². The minimum atomic E-state index is -0.0704. The molecular weight excluding hydrogens is 212 g/mol. The van der Waals surface area contributed by atoms with E-state index in [1.54, 1.807) is 0 Å². The van der Waals surface area contributed by atoms with E-state index in [2.05, 4.69) is 13.5 Å². The number of carbonyl (C=O) groups excluding carboxylic acids is 2. The first kappa shape index (κ1) is 12.3. The van der Waals surface area contributed by atoms with Crippen LogP contribution in [0, 0.1) is 11.3 Å². The molecule has 17 heavy (non-hydrogen) atoms. The van der Waals surface area contributed by atoms with Crippen molar-refractivity contribution in [3.05, 3.63) is 23.3 Å². The Labute approximate surface area is 103 Å². The van der Waals surface area contributed by atoms with Gasteiger partial charge in [0.2, 0.25) is 0 Å². The van der Waals surface area contributed by atoms with E-state index < -0.39 is 0 Å². The van der Waals surface area contributed by atoms with Gasteiger partial charge in [-0.2, -0.15) is 0 Å². The number of hydrogen-bond acceptors (Lipinski definition) is 2. The van der Waals surface area contributed by atoms with Crippen molar-refractivity contribution in [2.45, 2.75) is 46.5 Å². The summed E-state index contributed by atoms with van der Waals surface area (Å²) in [7, 11) is 0. The van der Waals surface area contributed by atoms with E-state index in [0.29, 0.717) is 12.0 Å². The lowest BCUT2D eigenvalue weighted by atomic mass is 9.60. The third-order valence-electron chi connectivity index (χ3n) is 4.44. The van der Waals surface area contributed by atoms with E-state index in [1.807, 2.05) is 13.8 Å². The Morgan fingerprint density at radius 1 is 1.35 bits per heavy atom. The molecule has 0 aromatic rings. The molecule has 0 amide bonds. The Morgan fingerprint density at radius 3 is 2.59 bits per heavy atom. The molecule has 1 fully saturated rings. The summed E-state index contributed by atoms with van der Waals surface area (Å²) < 4.78 is 0. The highest BCUT2D eigenvalue weighted by molar-refractivity contribution is 6.10. The van der Waals surface area contributed by atoms with Gasteiger partial charge >= 0.3 is 0 Å². The molecule has 2 atom stereocenters. The van der Waals surface area contributed by atoms with Gasteiger partial charge in [-0.15, -0.1) is 0 Å². The molecular formula is C15H20O2. The highest BCUT2D eigenvalue weighted by Crippen LogP contribution is 2.49. The molecule has 2 aliphatic rings. The molecule has 0 aromatic heterocycles. The maximum Gasteiger partial charge on any atom is 0.166 e. The lowest BCUT2D eigenvalue weighted by molar-refractivity contribution is -0.124. The summed E-state index contributed by atoms with van der Waals surface area (Å²) in [5.41, 5.74) is 2.36. The first-order valence-corrected chi connectivity index (χ1v) is 6.31. The van der Waals surface area contributed by atoms with Crippen molar-refractivity contribution in [2.24, 2.45) is 11.3 Å². The van der Waals surface area contributed by atoms with Gasteiger partial charge in [-0.1, -0.05) is 19.1 Å². The fraction of sp³-hybridized carbons (Fsp3) is 0.600. The molecule has 2 nitrogen and oxygen atoms in total. The molecule has 0 bridgehead atoms. The van der Waals surface area contributed by atoms with Crippen molar-refractivity contribution in [1.29, 1.82) is 0 Å². The Bertz CT molecular complexity index is 442. The molecule has 0 unspecified atom stereocenters. The summed E-state index contributed by atoms with van der Waals surface area (Å²) in [6.07, 6.45) is 3.30. The van der Waals surface area contributed by atoms with Crippen molar-refractivity contribution >= 4 is 11.6 Å². The van der Waals surface area contributed by atoms with Crippen LogP contribution in [0.3, 0.4) is 0 Å². The maximum absolute atomic E-state index is 12.5. The first-order chi connectivity index (χ1) is 7.87. The third kappa shape index (κ3) is 1.80. The van der Waals surface area contributed by atoms with Gasteiger partial charge in [-0.05, 0) is 44.1 Å². The number of rotatable bonds is 1. The monoisotopic (exact) mass is 232 g/mol. The molecule has 0 saturated heterocycles. The van der Waals surface area contributed by atoms with Gasteiger partial charge in [-0.25, -0.2) is 0 Å². The van der Waals surface area contributed by atoms with Crippen LogP contribution in [0.1, 0.15) is 46.5 Å². The predicted octanol–water partition coefficient (Wildman–Crippen LogP) is 3.23. The SMILES string of the molecule is C=C(C)[C@@H]1CC[C@]2(C)CCC(=O)C(C)=C2C1=O. The zero-order chi connectivity index (χ0) is 12.8. The molecule has 0 heterocycles. The zero-order valence-electron chi connectivity index (χ0n) is 10.9. The molecule has 2 aliphatic carbocycles. The third-order valence-corrected chi connectivity index (χ3v) is 4.44. The molecule has 0 N–H and O–H groups in total. The fourth-order valence-electron chi connectivity index (χ4n) is 3.26. The Morgan fingerprint density at radius 2 is 2.00 bits per heavy atom. The molecule has 0 aromatic carbocycles. The second-order valence-corrected chi connectivity index (χ2v) is 5.79. The van der Waals surface area contributed by atoms with Crippen LogP contribution in [0.2, 0.25) is 0 Å².